The van der Waals surface area contributed by atoms with Gasteiger partial charge in [-0.25, -0.2) is 14.4 Å². The molecular formula is C11H11FN4OS. The smallest absolute Gasteiger partial charge is 0.261 e. The molecule has 0 radical (unpaired) electrons. The summed E-state index contributed by atoms with van der Waals surface area (Å²) in [7, 11) is 0. The lowest BCUT2D eigenvalue weighted by Crippen LogP contribution is -2.15. The molecule has 0 aliphatic carbocycles. The molecule has 0 saturated heterocycles. The summed E-state index contributed by atoms with van der Waals surface area (Å²) in [6.45, 7) is 3.75. The van der Waals surface area contributed by atoms with E-state index in [1.165, 1.54) is 11.3 Å². The maximum Gasteiger partial charge on any atom is 0.261 e. The monoisotopic (exact) mass is 266 g/mol. The number of thiazole rings is 1. The number of nitrogen functional groups attached to an aromatic ring is 1. The van der Waals surface area contributed by atoms with Gasteiger partial charge in [0.1, 0.15) is 11.6 Å². The summed E-state index contributed by atoms with van der Waals surface area (Å²) in [5, 5.41) is 3.03. The third kappa shape index (κ3) is 2.45. The molecule has 0 spiro atoms. The fourth-order valence-electron chi connectivity index (χ4n) is 1.32. The molecule has 2 aromatic rings. The van der Waals surface area contributed by atoms with Gasteiger partial charge in [-0.2, -0.15) is 0 Å². The highest BCUT2D eigenvalue weighted by atomic mass is 32.1. The van der Waals surface area contributed by atoms with Gasteiger partial charge in [0.2, 0.25) is 0 Å². The third-order valence-corrected chi connectivity index (χ3v) is 3.37. The minimum Gasteiger partial charge on any atom is -0.383 e. The van der Waals surface area contributed by atoms with Crippen molar-refractivity contribution < 1.29 is 9.18 Å². The molecular weight excluding hydrogens is 255 g/mol. The standard InChI is InChI=1S/C11H11FN4OS/c1-5-6(2)18-11(15-5)16-10(17)8-3-7(12)4-14-9(8)13/h3-4H,1-2H3,(H2,13,14)(H,15,16,17). The van der Waals surface area contributed by atoms with E-state index in [-0.39, 0.29) is 11.4 Å². The molecule has 5 nitrogen and oxygen atoms in total. The van der Waals surface area contributed by atoms with Crippen molar-refractivity contribution in [1.29, 1.82) is 0 Å². The van der Waals surface area contributed by atoms with Crippen LogP contribution in [0.15, 0.2) is 12.3 Å². The molecule has 1 amide bonds. The first-order chi connectivity index (χ1) is 8.47. The second-order valence-corrected chi connectivity index (χ2v) is 4.90. The number of amides is 1. The van der Waals surface area contributed by atoms with Crippen LogP contribution in [0.25, 0.3) is 0 Å². The van der Waals surface area contributed by atoms with Crippen LogP contribution >= 0.6 is 11.3 Å². The van der Waals surface area contributed by atoms with Crippen molar-refractivity contribution in [2.24, 2.45) is 0 Å². The maximum absolute atomic E-state index is 13.0. The molecule has 0 aliphatic heterocycles. The normalized spacial score (nSPS) is 10.4. The van der Waals surface area contributed by atoms with Gasteiger partial charge in [0.15, 0.2) is 5.13 Å². The minimum atomic E-state index is -0.610. The van der Waals surface area contributed by atoms with Gasteiger partial charge in [0.05, 0.1) is 17.5 Å². The fourth-order valence-corrected chi connectivity index (χ4v) is 2.13. The Hall–Kier alpha value is -2.02. The molecule has 2 heterocycles. The maximum atomic E-state index is 13.0. The second-order valence-electron chi connectivity index (χ2n) is 3.70. The van der Waals surface area contributed by atoms with Gasteiger partial charge in [-0.05, 0) is 19.9 Å². The summed E-state index contributed by atoms with van der Waals surface area (Å²) in [6, 6.07) is 1.05. The Kier molecular flexibility index (Phi) is 3.24. The Morgan fingerprint density at radius 1 is 1.50 bits per heavy atom. The average molecular weight is 266 g/mol. The zero-order chi connectivity index (χ0) is 13.3. The van der Waals surface area contributed by atoms with E-state index in [0.29, 0.717) is 5.13 Å². The van der Waals surface area contributed by atoms with Gasteiger partial charge >= 0.3 is 0 Å². The van der Waals surface area contributed by atoms with Crippen LogP contribution in [0.1, 0.15) is 20.9 Å². The van der Waals surface area contributed by atoms with Crippen LogP contribution in [0.5, 0.6) is 0 Å². The Morgan fingerprint density at radius 2 is 2.22 bits per heavy atom. The summed E-state index contributed by atoms with van der Waals surface area (Å²) < 4.78 is 13.0. The van der Waals surface area contributed by atoms with Crippen LogP contribution in [-0.4, -0.2) is 15.9 Å². The molecule has 0 atom stereocenters. The molecule has 0 fully saturated rings. The molecule has 0 aliphatic rings. The van der Waals surface area contributed by atoms with Crippen molar-refractivity contribution in [1.82, 2.24) is 9.97 Å². The molecule has 94 valence electrons. The SMILES string of the molecule is Cc1nc(NC(=O)c2cc(F)cnc2N)sc1C. The number of aryl methyl sites for hydroxylation is 2. The lowest BCUT2D eigenvalue weighted by Gasteiger charge is -2.04. The quantitative estimate of drug-likeness (QED) is 0.872. The molecule has 0 aromatic carbocycles. The lowest BCUT2D eigenvalue weighted by atomic mass is 10.2. The second kappa shape index (κ2) is 4.69. The molecule has 7 heteroatoms. The number of halogens is 1. The lowest BCUT2D eigenvalue weighted by molar-refractivity contribution is 0.102. The Balaban J connectivity index is 2.24. The zero-order valence-electron chi connectivity index (χ0n) is 9.82. The summed E-state index contributed by atoms with van der Waals surface area (Å²) in [6.07, 6.45) is 0.962. The van der Waals surface area contributed by atoms with E-state index in [1.807, 2.05) is 13.8 Å². The topological polar surface area (TPSA) is 80.9 Å². The number of hydrogen-bond acceptors (Lipinski definition) is 5. The molecule has 0 bridgehead atoms. The number of pyridine rings is 1. The van der Waals surface area contributed by atoms with Crippen molar-refractivity contribution in [3.8, 4) is 0 Å². The predicted molar refractivity (Wildman–Crippen MR) is 68.1 cm³/mol. The highest BCUT2D eigenvalue weighted by Crippen LogP contribution is 2.22. The number of aromatic nitrogens is 2. The van der Waals surface area contributed by atoms with E-state index in [2.05, 4.69) is 15.3 Å². The number of carbonyl (C=O) groups excluding carboxylic acids is 1. The predicted octanol–water partition coefficient (Wildman–Crippen LogP) is 2.13. The van der Waals surface area contributed by atoms with Gasteiger partial charge in [-0.1, -0.05) is 0 Å². The molecule has 2 rings (SSSR count). The number of nitrogens with zero attached hydrogens (tertiary/aromatic N) is 2. The first kappa shape index (κ1) is 12.4. The van der Waals surface area contributed by atoms with E-state index in [4.69, 9.17) is 5.73 Å². The third-order valence-electron chi connectivity index (χ3n) is 2.38. The van der Waals surface area contributed by atoms with Crippen LogP contribution in [0.3, 0.4) is 0 Å². The van der Waals surface area contributed by atoms with Crippen LogP contribution < -0.4 is 11.1 Å². The van der Waals surface area contributed by atoms with Gasteiger partial charge in [-0.15, -0.1) is 11.3 Å². The summed E-state index contributed by atoms with van der Waals surface area (Å²) >= 11 is 1.35. The molecule has 3 N–H and O–H groups in total. The van der Waals surface area contributed by atoms with E-state index in [1.54, 1.807) is 0 Å². The molecule has 0 saturated carbocycles. The van der Waals surface area contributed by atoms with Crippen LogP contribution in [0.2, 0.25) is 0 Å². The van der Waals surface area contributed by atoms with Crippen molar-refractivity contribution in [3.05, 3.63) is 34.2 Å². The Bertz CT molecular complexity index is 592. The fraction of sp³-hybridized carbons (Fsp3) is 0.182. The first-order valence-electron chi connectivity index (χ1n) is 5.14. The zero-order valence-corrected chi connectivity index (χ0v) is 10.6. The Morgan fingerprint density at radius 3 is 2.83 bits per heavy atom. The highest BCUT2D eigenvalue weighted by Gasteiger charge is 2.14. The molecule has 2 aromatic heterocycles. The summed E-state index contributed by atoms with van der Waals surface area (Å²) in [5.41, 5.74) is 6.37. The van der Waals surface area contributed by atoms with Gasteiger partial charge in [-0.3, -0.25) is 10.1 Å². The largest absolute Gasteiger partial charge is 0.383 e. The summed E-state index contributed by atoms with van der Waals surface area (Å²) in [5.74, 6) is -1.15. The van der Waals surface area contributed by atoms with Crippen molar-refractivity contribution in [3.63, 3.8) is 0 Å². The molecule has 0 unspecified atom stereocenters. The van der Waals surface area contributed by atoms with Crippen LogP contribution in [-0.2, 0) is 0 Å². The van der Waals surface area contributed by atoms with Gasteiger partial charge in [0, 0.05) is 4.88 Å². The first-order valence-corrected chi connectivity index (χ1v) is 5.95. The minimum absolute atomic E-state index is 0.000469. The number of hydrogen-bond donors (Lipinski definition) is 2. The van der Waals surface area contributed by atoms with E-state index < -0.39 is 11.7 Å². The van der Waals surface area contributed by atoms with E-state index in [0.717, 1.165) is 22.8 Å². The van der Waals surface area contributed by atoms with Crippen molar-refractivity contribution >= 4 is 28.2 Å². The average Bonchev–Trinajstić information content (AvgIpc) is 2.61. The number of nitrogens with one attached hydrogen (secondary N) is 1. The Labute approximate surface area is 107 Å². The van der Waals surface area contributed by atoms with Gasteiger partial charge in [0.25, 0.3) is 5.91 Å². The van der Waals surface area contributed by atoms with E-state index >= 15 is 0 Å². The highest BCUT2D eigenvalue weighted by molar-refractivity contribution is 7.15. The van der Waals surface area contributed by atoms with Crippen LogP contribution in [0.4, 0.5) is 15.3 Å². The number of anilines is 2. The van der Waals surface area contributed by atoms with E-state index in [9.17, 15) is 9.18 Å². The number of rotatable bonds is 2. The number of carbonyl (C=O) groups is 1. The van der Waals surface area contributed by atoms with Crippen molar-refractivity contribution in [2.75, 3.05) is 11.1 Å². The number of nitrogens with two attached hydrogens (primary N) is 1. The van der Waals surface area contributed by atoms with Crippen molar-refractivity contribution in [2.45, 2.75) is 13.8 Å². The molecule has 18 heavy (non-hydrogen) atoms. The summed E-state index contributed by atoms with van der Waals surface area (Å²) in [4.78, 5) is 20.6. The van der Waals surface area contributed by atoms with Gasteiger partial charge < -0.3 is 5.73 Å². The van der Waals surface area contributed by atoms with Crippen LogP contribution in [0, 0.1) is 19.7 Å².